The van der Waals surface area contributed by atoms with Crippen molar-refractivity contribution in [3.63, 3.8) is 0 Å². The van der Waals surface area contributed by atoms with Gasteiger partial charge in [0.1, 0.15) is 11.5 Å². The van der Waals surface area contributed by atoms with Crippen LogP contribution >= 0.6 is 0 Å². The van der Waals surface area contributed by atoms with Crippen molar-refractivity contribution in [2.75, 3.05) is 12.3 Å². The lowest BCUT2D eigenvalue weighted by molar-refractivity contribution is 0.245. The van der Waals surface area contributed by atoms with E-state index in [0.717, 1.165) is 46.5 Å². The van der Waals surface area contributed by atoms with Gasteiger partial charge in [0.15, 0.2) is 0 Å². The lowest BCUT2D eigenvalue weighted by atomic mass is 10.2. The topological polar surface area (TPSA) is 111 Å². The molecule has 2 amide bonds. The Morgan fingerprint density at radius 2 is 2.03 bits per heavy atom. The summed E-state index contributed by atoms with van der Waals surface area (Å²) in [6.45, 7) is 6.27. The molecule has 0 spiro atoms. The highest BCUT2D eigenvalue weighted by molar-refractivity contribution is 7.90. The second-order valence-electron chi connectivity index (χ2n) is 7.40. The summed E-state index contributed by atoms with van der Waals surface area (Å²) >= 11 is 0. The Kier molecular flexibility index (Phi) is 6.45. The number of urea groups is 1. The zero-order valence-electron chi connectivity index (χ0n) is 17.8. The van der Waals surface area contributed by atoms with Crippen molar-refractivity contribution in [2.45, 2.75) is 40.0 Å². The molecule has 9 nitrogen and oxygen atoms in total. The van der Waals surface area contributed by atoms with Gasteiger partial charge in [0, 0.05) is 36.9 Å². The minimum Gasteiger partial charge on any atom is -0.337 e. The van der Waals surface area contributed by atoms with E-state index in [1.165, 1.54) is 0 Å². The molecule has 0 atom stereocenters. The molecule has 0 radical (unpaired) electrons. The second kappa shape index (κ2) is 8.86. The molecule has 0 saturated heterocycles. The number of carbonyl (C=O) groups is 1. The number of rotatable bonds is 8. The number of pyridine rings is 1. The van der Waals surface area contributed by atoms with Crippen LogP contribution in [0.5, 0.6) is 0 Å². The number of hydrogen-bond acceptors (Lipinski definition) is 5. The summed E-state index contributed by atoms with van der Waals surface area (Å²) in [5.41, 5.74) is 3.38. The lowest BCUT2D eigenvalue weighted by Gasteiger charge is -2.11. The maximum Gasteiger partial charge on any atom is 0.328 e. The number of fused-ring (bicyclic) bond motifs is 1. The van der Waals surface area contributed by atoms with Crippen LogP contribution in [0.3, 0.4) is 0 Å². The molecule has 0 fully saturated rings. The van der Waals surface area contributed by atoms with Crippen molar-refractivity contribution in [3.05, 3.63) is 41.3 Å². The third-order valence-electron chi connectivity index (χ3n) is 4.89. The van der Waals surface area contributed by atoms with Crippen LogP contribution in [0.1, 0.15) is 36.6 Å². The van der Waals surface area contributed by atoms with Crippen molar-refractivity contribution in [1.82, 2.24) is 29.4 Å². The summed E-state index contributed by atoms with van der Waals surface area (Å²) in [6, 6.07) is 3.33. The van der Waals surface area contributed by atoms with Gasteiger partial charge in [-0.2, -0.15) is 5.10 Å². The van der Waals surface area contributed by atoms with Gasteiger partial charge in [0.25, 0.3) is 0 Å². The van der Waals surface area contributed by atoms with E-state index in [4.69, 9.17) is 0 Å². The van der Waals surface area contributed by atoms with E-state index in [1.807, 2.05) is 50.7 Å². The summed E-state index contributed by atoms with van der Waals surface area (Å²) in [5, 5.41) is 8.03. The number of carbonyl (C=O) groups excluding carboxylic acids is 1. The first-order valence-electron chi connectivity index (χ1n) is 9.96. The first-order valence-corrected chi connectivity index (χ1v) is 11.6. The molecule has 2 N–H and O–H groups in total. The first-order chi connectivity index (χ1) is 14.2. The van der Waals surface area contributed by atoms with E-state index in [2.05, 4.69) is 20.1 Å². The lowest BCUT2D eigenvalue weighted by Crippen LogP contribution is -2.41. The van der Waals surface area contributed by atoms with Crippen molar-refractivity contribution >= 4 is 27.1 Å². The molecule has 0 aromatic carbocycles. The standard InChI is InChI=1S/C20H28N6O3S/c1-5-6-9-21-20(27)24-30(28,29)11-8-17-15(3)23-25(4)19(17)26-10-7-16-12-14(2)13-22-18(16)26/h7,10,12-13H,5-6,8-9,11H2,1-4H3,(H2,21,24,27). The predicted octanol–water partition coefficient (Wildman–Crippen LogP) is 2.35. The van der Waals surface area contributed by atoms with Crippen LogP contribution in [0, 0.1) is 13.8 Å². The highest BCUT2D eigenvalue weighted by Crippen LogP contribution is 2.24. The molecule has 0 aliphatic carbocycles. The largest absolute Gasteiger partial charge is 0.337 e. The van der Waals surface area contributed by atoms with Gasteiger partial charge >= 0.3 is 6.03 Å². The number of nitrogens with zero attached hydrogens (tertiary/aromatic N) is 4. The minimum absolute atomic E-state index is 0.220. The highest BCUT2D eigenvalue weighted by Gasteiger charge is 2.21. The van der Waals surface area contributed by atoms with Gasteiger partial charge in [-0.1, -0.05) is 13.3 Å². The fourth-order valence-electron chi connectivity index (χ4n) is 3.43. The average molecular weight is 433 g/mol. The number of nitrogens with one attached hydrogen (secondary N) is 2. The smallest absolute Gasteiger partial charge is 0.328 e. The summed E-state index contributed by atoms with van der Waals surface area (Å²) in [5.74, 6) is 0.542. The molecule has 3 heterocycles. The van der Waals surface area contributed by atoms with Gasteiger partial charge in [-0.15, -0.1) is 0 Å². The number of aryl methyl sites for hydroxylation is 3. The Hall–Kier alpha value is -2.88. The van der Waals surface area contributed by atoms with Gasteiger partial charge in [0.2, 0.25) is 10.0 Å². The molecule has 3 aromatic heterocycles. The molecule has 0 aliphatic rings. The Morgan fingerprint density at radius 1 is 1.27 bits per heavy atom. The average Bonchev–Trinajstić information content (AvgIpc) is 3.18. The Bertz CT molecular complexity index is 1160. The van der Waals surface area contributed by atoms with Gasteiger partial charge in [-0.3, -0.25) is 9.25 Å². The van der Waals surface area contributed by atoms with Gasteiger partial charge < -0.3 is 5.32 Å². The molecule has 0 aliphatic heterocycles. The zero-order valence-corrected chi connectivity index (χ0v) is 18.6. The third-order valence-corrected chi connectivity index (χ3v) is 6.13. The first kappa shape index (κ1) is 21.8. The number of sulfonamides is 1. The quantitative estimate of drug-likeness (QED) is 0.531. The molecular weight excluding hydrogens is 404 g/mol. The Labute approximate surface area is 176 Å². The van der Waals surface area contributed by atoms with Gasteiger partial charge in [0.05, 0.1) is 11.4 Å². The van der Waals surface area contributed by atoms with E-state index < -0.39 is 16.1 Å². The normalized spacial score (nSPS) is 11.7. The summed E-state index contributed by atoms with van der Waals surface area (Å²) in [6.07, 6.45) is 5.64. The van der Waals surface area contributed by atoms with E-state index in [9.17, 15) is 13.2 Å². The van der Waals surface area contributed by atoms with Crippen LogP contribution in [0.15, 0.2) is 24.5 Å². The zero-order chi connectivity index (χ0) is 21.9. The van der Waals surface area contributed by atoms with Gasteiger partial charge in [-0.25, -0.2) is 22.9 Å². The summed E-state index contributed by atoms with van der Waals surface area (Å²) < 4.78 is 30.5. The van der Waals surface area contributed by atoms with Crippen molar-refractivity contribution in [3.8, 4) is 5.82 Å². The molecule has 10 heteroatoms. The highest BCUT2D eigenvalue weighted by atomic mass is 32.2. The number of unbranched alkanes of at least 4 members (excludes halogenated alkanes) is 1. The van der Waals surface area contributed by atoms with Crippen LogP contribution in [0.4, 0.5) is 4.79 Å². The van der Waals surface area contributed by atoms with Crippen LogP contribution < -0.4 is 10.0 Å². The second-order valence-corrected chi connectivity index (χ2v) is 9.24. The number of aromatic nitrogens is 4. The molecule has 3 aromatic rings. The van der Waals surface area contributed by atoms with E-state index in [1.54, 1.807) is 10.9 Å². The van der Waals surface area contributed by atoms with E-state index in [-0.39, 0.29) is 12.2 Å². The van der Waals surface area contributed by atoms with E-state index >= 15 is 0 Å². The molecule has 162 valence electrons. The molecule has 30 heavy (non-hydrogen) atoms. The molecule has 0 unspecified atom stereocenters. The monoisotopic (exact) mass is 432 g/mol. The summed E-state index contributed by atoms with van der Waals surface area (Å²) in [4.78, 5) is 16.3. The SMILES string of the molecule is CCCCNC(=O)NS(=O)(=O)CCc1c(C)nn(C)c1-n1ccc2cc(C)cnc21. The Morgan fingerprint density at radius 3 is 2.77 bits per heavy atom. The summed E-state index contributed by atoms with van der Waals surface area (Å²) in [7, 11) is -1.96. The van der Waals surface area contributed by atoms with Gasteiger partial charge in [-0.05, 0) is 44.4 Å². The van der Waals surface area contributed by atoms with Crippen LogP contribution in [0.25, 0.3) is 16.9 Å². The number of hydrogen-bond donors (Lipinski definition) is 2. The van der Waals surface area contributed by atoms with Crippen LogP contribution in [0.2, 0.25) is 0 Å². The van der Waals surface area contributed by atoms with Crippen molar-refractivity contribution < 1.29 is 13.2 Å². The fraction of sp³-hybridized carbons (Fsp3) is 0.450. The third kappa shape index (κ3) is 4.81. The number of amides is 2. The maximum absolute atomic E-state index is 12.4. The molecule has 0 bridgehead atoms. The maximum atomic E-state index is 12.4. The minimum atomic E-state index is -3.78. The molecule has 0 saturated carbocycles. The van der Waals surface area contributed by atoms with Crippen molar-refractivity contribution in [1.29, 1.82) is 0 Å². The van der Waals surface area contributed by atoms with Crippen LogP contribution in [-0.2, 0) is 23.5 Å². The van der Waals surface area contributed by atoms with Crippen molar-refractivity contribution in [2.24, 2.45) is 7.05 Å². The molecular formula is C20H28N6O3S. The van der Waals surface area contributed by atoms with Crippen LogP contribution in [-0.4, -0.2) is 46.1 Å². The Balaban J connectivity index is 1.81. The van der Waals surface area contributed by atoms with E-state index in [0.29, 0.717) is 6.54 Å². The fourth-order valence-corrected chi connectivity index (χ4v) is 4.36. The predicted molar refractivity (Wildman–Crippen MR) is 116 cm³/mol. The molecule has 3 rings (SSSR count).